The molecule has 1 aromatic heterocycles. The monoisotopic (exact) mass is 477 g/mol. The molecule has 0 saturated carbocycles. The molecule has 0 aliphatic carbocycles. The summed E-state index contributed by atoms with van der Waals surface area (Å²) >= 11 is 0. The van der Waals surface area contributed by atoms with Gasteiger partial charge in [0.15, 0.2) is 0 Å². The number of nitrogens with one attached hydrogen (secondary N) is 2. The summed E-state index contributed by atoms with van der Waals surface area (Å²) in [6, 6.07) is 1.98. The van der Waals surface area contributed by atoms with Gasteiger partial charge < -0.3 is 9.80 Å². The Bertz CT molecular complexity index is 954. The lowest BCUT2D eigenvalue weighted by molar-refractivity contribution is -0.138. The van der Waals surface area contributed by atoms with Crippen LogP contribution in [0.25, 0.3) is 10.9 Å². The Morgan fingerprint density at radius 1 is 0.938 bits per heavy atom. The third-order valence-corrected chi connectivity index (χ3v) is 3.91. The number of fused-ring (bicyclic) bond motifs is 1. The molecule has 2 rings (SSSR count). The highest BCUT2D eigenvalue weighted by Gasteiger charge is 2.38. The number of halogens is 9. The minimum atomic E-state index is -5.04. The molecule has 0 bridgehead atoms. The van der Waals surface area contributed by atoms with Gasteiger partial charge in [-0.15, -0.1) is 0 Å². The lowest BCUT2D eigenvalue weighted by Gasteiger charge is -2.27. The number of anilines is 2. The summed E-state index contributed by atoms with van der Waals surface area (Å²) in [6.07, 6.45) is -15.1. The van der Waals surface area contributed by atoms with Crippen LogP contribution in [0.3, 0.4) is 0 Å². The van der Waals surface area contributed by atoms with Crippen molar-refractivity contribution >= 4 is 28.4 Å². The van der Waals surface area contributed by atoms with E-state index < -0.39 is 60.1 Å². The molecule has 0 saturated heterocycles. The molecule has 2 aromatic rings. The number of nitrogens with zero attached hydrogens (tertiary/aromatic N) is 3. The van der Waals surface area contributed by atoms with Crippen LogP contribution in [0.1, 0.15) is 5.56 Å². The first kappa shape index (κ1) is 25.1. The van der Waals surface area contributed by atoms with Crippen LogP contribution in [-0.4, -0.2) is 55.5 Å². The zero-order chi connectivity index (χ0) is 24.5. The molecule has 2 N–H and O–H groups in total. The number of aromatic nitrogens is 1. The van der Waals surface area contributed by atoms with Gasteiger partial charge in [0.1, 0.15) is 18.9 Å². The molecule has 0 radical (unpaired) electrons. The topological polar surface area (TPSA) is 60.5 Å². The fourth-order valence-electron chi connectivity index (χ4n) is 2.61. The molecule has 32 heavy (non-hydrogen) atoms. The number of alkyl halides is 9. The van der Waals surface area contributed by atoms with Gasteiger partial charge in [-0.3, -0.25) is 10.9 Å². The van der Waals surface area contributed by atoms with E-state index in [4.69, 9.17) is 0 Å². The van der Waals surface area contributed by atoms with E-state index in [0.29, 0.717) is 12.1 Å². The zero-order valence-electron chi connectivity index (χ0n) is 16.4. The highest BCUT2D eigenvalue weighted by molar-refractivity contribution is 5.88. The maximum absolute atomic E-state index is 13.6. The van der Waals surface area contributed by atoms with Crippen LogP contribution in [0.4, 0.5) is 55.8 Å². The molecule has 1 aromatic carbocycles. The predicted molar refractivity (Wildman–Crippen MR) is 96.9 cm³/mol. The van der Waals surface area contributed by atoms with Crippen LogP contribution in [0.5, 0.6) is 0 Å². The second kappa shape index (κ2) is 8.78. The van der Waals surface area contributed by atoms with E-state index in [0.717, 1.165) is 17.0 Å². The van der Waals surface area contributed by atoms with Gasteiger partial charge in [0.05, 0.1) is 11.1 Å². The van der Waals surface area contributed by atoms with E-state index in [9.17, 15) is 44.3 Å². The maximum Gasteiger partial charge on any atom is 0.417 e. The van der Waals surface area contributed by atoms with E-state index in [1.807, 2.05) is 0 Å². The SMILES string of the molecule is CN(C)C(=O)NNc1cc(C(F)(F)F)c2cc(N(CC(F)(F)F)CC(F)(F)F)ccc2n1. The Kier molecular flexibility index (Phi) is 6.90. The lowest BCUT2D eigenvalue weighted by atomic mass is 10.1. The Labute approximate surface area is 174 Å². The molecule has 0 aliphatic heterocycles. The van der Waals surface area contributed by atoms with E-state index in [-0.39, 0.29) is 10.4 Å². The fraction of sp³-hybridized carbons (Fsp3) is 0.412. The number of benzene rings is 1. The molecule has 1 heterocycles. The Balaban J connectivity index is 2.55. The Morgan fingerprint density at radius 3 is 1.97 bits per heavy atom. The second-order valence-electron chi connectivity index (χ2n) is 6.79. The van der Waals surface area contributed by atoms with Crippen LogP contribution in [-0.2, 0) is 6.18 Å². The zero-order valence-corrected chi connectivity index (χ0v) is 16.4. The summed E-state index contributed by atoms with van der Waals surface area (Å²) in [5, 5.41) is -0.714. The Hall–Kier alpha value is -3.13. The van der Waals surface area contributed by atoms with Gasteiger partial charge in [-0.05, 0) is 24.3 Å². The molecule has 0 aliphatic rings. The summed E-state index contributed by atoms with van der Waals surface area (Å²) in [5.74, 6) is -0.449. The van der Waals surface area contributed by atoms with Gasteiger partial charge in [-0.25, -0.2) is 9.78 Å². The molecule has 0 unspecified atom stereocenters. The molecule has 15 heteroatoms. The number of hydrazine groups is 1. The maximum atomic E-state index is 13.6. The number of hydrogen-bond acceptors (Lipinski definition) is 4. The van der Waals surface area contributed by atoms with Gasteiger partial charge >= 0.3 is 24.6 Å². The molecular weight excluding hydrogens is 461 g/mol. The van der Waals surface area contributed by atoms with Gasteiger partial charge in [-0.1, -0.05) is 0 Å². The standard InChI is InChI=1S/C17H16F9N5O/c1-30(2)14(32)29-28-13-6-11(17(24,25)26)10-5-9(3-4-12(10)27-13)31(7-15(18,19)20)8-16(21,22)23/h3-6H,7-8H2,1-2H3,(H,27,28)(H,29,32). The van der Waals surface area contributed by atoms with Crippen molar-refractivity contribution in [3.8, 4) is 0 Å². The van der Waals surface area contributed by atoms with Crippen molar-refractivity contribution in [2.75, 3.05) is 37.5 Å². The van der Waals surface area contributed by atoms with E-state index in [1.54, 1.807) is 0 Å². The van der Waals surface area contributed by atoms with Crippen LogP contribution in [0.2, 0.25) is 0 Å². The molecule has 178 valence electrons. The normalized spacial score (nSPS) is 12.6. The first-order valence-corrected chi connectivity index (χ1v) is 8.60. The summed E-state index contributed by atoms with van der Waals surface area (Å²) in [7, 11) is 2.72. The first-order chi connectivity index (χ1) is 14.5. The fourth-order valence-corrected chi connectivity index (χ4v) is 2.61. The van der Waals surface area contributed by atoms with Crippen molar-refractivity contribution in [3.05, 3.63) is 29.8 Å². The van der Waals surface area contributed by atoms with Crippen molar-refractivity contribution in [1.29, 1.82) is 0 Å². The quantitative estimate of drug-likeness (QED) is 0.481. The van der Waals surface area contributed by atoms with Crippen molar-refractivity contribution < 1.29 is 44.3 Å². The van der Waals surface area contributed by atoms with Gasteiger partial charge in [-0.2, -0.15) is 39.5 Å². The predicted octanol–water partition coefficient (Wildman–Crippen LogP) is 4.78. The van der Waals surface area contributed by atoms with E-state index in [1.165, 1.54) is 14.1 Å². The number of amides is 2. The van der Waals surface area contributed by atoms with Crippen LogP contribution in [0, 0.1) is 0 Å². The largest absolute Gasteiger partial charge is 0.417 e. The summed E-state index contributed by atoms with van der Waals surface area (Å²) < 4.78 is 117. The summed E-state index contributed by atoms with van der Waals surface area (Å²) in [5.41, 5.74) is 1.78. The third kappa shape index (κ3) is 6.95. The highest BCUT2D eigenvalue weighted by atomic mass is 19.4. The minimum absolute atomic E-state index is 0.122. The average Bonchev–Trinajstić information content (AvgIpc) is 2.61. The number of carbonyl (C=O) groups excluding carboxylic acids is 1. The molecule has 0 atom stereocenters. The van der Waals surface area contributed by atoms with Crippen molar-refractivity contribution in [3.63, 3.8) is 0 Å². The second-order valence-corrected chi connectivity index (χ2v) is 6.79. The minimum Gasteiger partial charge on any atom is -0.353 e. The number of carbonyl (C=O) groups is 1. The summed E-state index contributed by atoms with van der Waals surface area (Å²) in [4.78, 5) is 16.3. The van der Waals surface area contributed by atoms with Crippen LogP contribution in [0.15, 0.2) is 24.3 Å². The Morgan fingerprint density at radius 2 is 1.50 bits per heavy atom. The van der Waals surface area contributed by atoms with Crippen molar-refractivity contribution in [1.82, 2.24) is 15.3 Å². The lowest BCUT2D eigenvalue weighted by Crippen LogP contribution is -2.40. The molecule has 0 fully saturated rings. The number of urea groups is 1. The van der Waals surface area contributed by atoms with Gasteiger partial charge in [0.25, 0.3) is 0 Å². The van der Waals surface area contributed by atoms with E-state index in [2.05, 4.69) is 15.8 Å². The molecule has 0 spiro atoms. The van der Waals surface area contributed by atoms with Crippen molar-refractivity contribution in [2.24, 2.45) is 0 Å². The van der Waals surface area contributed by atoms with Crippen LogP contribution < -0.4 is 15.8 Å². The van der Waals surface area contributed by atoms with E-state index >= 15 is 0 Å². The van der Waals surface area contributed by atoms with Gasteiger partial charge in [0, 0.05) is 25.2 Å². The highest BCUT2D eigenvalue weighted by Crippen LogP contribution is 2.38. The van der Waals surface area contributed by atoms with Crippen LogP contribution >= 0.6 is 0 Å². The molecule has 2 amide bonds. The van der Waals surface area contributed by atoms with Crippen molar-refractivity contribution in [2.45, 2.75) is 18.5 Å². The average molecular weight is 477 g/mol. The number of hydrogen-bond donors (Lipinski definition) is 2. The molecule has 6 nitrogen and oxygen atoms in total. The molecular formula is C17H16F9N5O. The van der Waals surface area contributed by atoms with Gasteiger partial charge in [0.2, 0.25) is 0 Å². The number of rotatable bonds is 5. The third-order valence-electron chi connectivity index (χ3n) is 3.91. The summed E-state index contributed by atoms with van der Waals surface area (Å²) in [6.45, 7) is -4.05. The smallest absolute Gasteiger partial charge is 0.353 e. The number of pyridine rings is 1. The first-order valence-electron chi connectivity index (χ1n) is 8.60.